The Balaban J connectivity index is 1.69. The molecule has 6 nitrogen and oxygen atoms in total. The van der Waals surface area contributed by atoms with Crippen molar-refractivity contribution in [2.45, 2.75) is 33.9 Å². The van der Waals surface area contributed by atoms with Gasteiger partial charge in [-0.05, 0) is 56.7 Å². The summed E-state index contributed by atoms with van der Waals surface area (Å²) in [5.74, 6) is 2.14. The average Bonchev–Trinajstić information content (AvgIpc) is 3.08. The molecule has 0 unspecified atom stereocenters. The number of carbonyl (C=O) groups excluding carboxylic acids is 1. The van der Waals surface area contributed by atoms with Gasteiger partial charge in [-0.1, -0.05) is 23.4 Å². The van der Waals surface area contributed by atoms with E-state index in [0.717, 1.165) is 28.3 Å². The van der Waals surface area contributed by atoms with Crippen LogP contribution in [0.3, 0.4) is 0 Å². The molecule has 2 aromatic carbocycles. The first-order valence-corrected chi connectivity index (χ1v) is 9.58. The van der Waals surface area contributed by atoms with Crippen LogP contribution in [0.2, 0.25) is 0 Å². The van der Waals surface area contributed by atoms with Crippen molar-refractivity contribution in [3.8, 4) is 11.5 Å². The van der Waals surface area contributed by atoms with Crippen LogP contribution in [0.15, 0.2) is 53.1 Å². The van der Waals surface area contributed by atoms with E-state index in [2.05, 4.69) is 5.16 Å². The monoisotopic (exact) mass is 394 g/mol. The summed E-state index contributed by atoms with van der Waals surface area (Å²) in [6.07, 6.45) is 0. The summed E-state index contributed by atoms with van der Waals surface area (Å²) >= 11 is 0. The van der Waals surface area contributed by atoms with E-state index in [-0.39, 0.29) is 5.91 Å². The summed E-state index contributed by atoms with van der Waals surface area (Å²) in [7, 11) is 1.64. The van der Waals surface area contributed by atoms with Gasteiger partial charge in [-0.25, -0.2) is 0 Å². The fraction of sp³-hybridized carbons (Fsp3) is 0.304. The Bertz CT molecular complexity index is 944. The number of nitrogens with zero attached hydrogens (tertiary/aromatic N) is 2. The molecule has 3 rings (SSSR count). The Kier molecular flexibility index (Phi) is 6.54. The number of carbonyl (C=O) groups is 1. The summed E-state index contributed by atoms with van der Waals surface area (Å²) < 4.78 is 16.2. The molecule has 0 fully saturated rings. The molecule has 0 aliphatic rings. The van der Waals surface area contributed by atoms with E-state index in [9.17, 15) is 4.79 Å². The van der Waals surface area contributed by atoms with Gasteiger partial charge in [0.05, 0.1) is 18.4 Å². The van der Waals surface area contributed by atoms with Crippen LogP contribution in [0.4, 0.5) is 0 Å². The normalized spacial score (nSPS) is 10.6. The summed E-state index contributed by atoms with van der Waals surface area (Å²) in [4.78, 5) is 14.8. The SMILES string of the molecule is CCN(Cc1ccc(OC)cc1)C(=O)c1cccc(OCc2c(C)noc2C)c1. The Morgan fingerprint density at radius 1 is 1.10 bits per heavy atom. The van der Waals surface area contributed by atoms with Crippen molar-refractivity contribution < 1.29 is 18.8 Å². The van der Waals surface area contributed by atoms with Gasteiger partial charge < -0.3 is 18.9 Å². The van der Waals surface area contributed by atoms with Gasteiger partial charge in [0.25, 0.3) is 5.91 Å². The Morgan fingerprint density at radius 2 is 1.86 bits per heavy atom. The zero-order valence-electron chi connectivity index (χ0n) is 17.3. The summed E-state index contributed by atoms with van der Waals surface area (Å²) in [6, 6.07) is 15.0. The lowest BCUT2D eigenvalue weighted by Crippen LogP contribution is -2.30. The molecule has 0 atom stereocenters. The van der Waals surface area contributed by atoms with E-state index in [1.54, 1.807) is 18.1 Å². The van der Waals surface area contributed by atoms with E-state index >= 15 is 0 Å². The lowest BCUT2D eigenvalue weighted by molar-refractivity contribution is 0.0752. The first-order valence-electron chi connectivity index (χ1n) is 9.58. The number of rotatable bonds is 8. The molecule has 6 heteroatoms. The highest BCUT2D eigenvalue weighted by Gasteiger charge is 2.16. The summed E-state index contributed by atoms with van der Waals surface area (Å²) in [6.45, 7) is 7.20. The number of hydrogen-bond donors (Lipinski definition) is 0. The smallest absolute Gasteiger partial charge is 0.254 e. The van der Waals surface area contributed by atoms with Gasteiger partial charge in [0, 0.05) is 18.7 Å². The van der Waals surface area contributed by atoms with Gasteiger partial charge in [0.2, 0.25) is 0 Å². The second-order valence-electron chi connectivity index (χ2n) is 6.79. The minimum Gasteiger partial charge on any atom is -0.497 e. The fourth-order valence-electron chi connectivity index (χ4n) is 3.04. The van der Waals surface area contributed by atoms with Crippen LogP contribution >= 0.6 is 0 Å². The molecule has 1 amide bonds. The third-order valence-corrected chi connectivity index (χ3v) is 4.85. The molecule has 1 aromatic heterocycles. The third-order valence-electron chi connectivity index (χ3n) is 4.85. The lowest BCUT2D eigenvalue weighted by Gasteiger charge is -2.21. The highest BCUT2D eigenvalue weighted by Crippen LogP contribution is 2.20. The number of benzene rings is 2. The third kappa shape index (κ3) is 4.96. The summed E-state index contributed by atoms with van der Waals surface area (Å²) in [5.41, 5.74) is 3.38. The molecule has 29 heavy (non-hydrogen) atoms. The number of hydrogen-bond acceptors (Lipinski definition) is 5. The van der Waals surface area contributed by atoms with E-state index in [1.165, 1.54) is 0 Å². The molecular formula is C23H26N2O4. The minimum absolute atomic E-state index is 0.0360. The number of ether oxygens (including phenoxy) is 2. The second-order valence-corrected chi connectivity index (χ2v) is 6.79. The van der Waals surface area contributed by atoms with Crippen molar-refractivity contribution >= 4 is 5.91 Å². The van der Waals surface area contributed by atoms with E-state index < -0.39 is 0 Å². The lowest BCUT2D eigenvalue weighted by atomic mass is 10.1. The van der Waals surface area contributed by atoms with Crippen molar-refractivity contribution in [2.75, 3.05) is 13.7 Å². The van der Waals surface area contributed by atoms with Crippen LogP contribution in [0.1, 0.15) is 39.9 Å². The Hall–Kier alpha value is -3.28. The van der Waals surface area contributed by atoms with Crippen molar-refractivity contribution in [2.24, 2.45) is 0 Å². The predicted molar refractivity (Wildman–Crippen MR) is 110 cm³/mol. The van der Waals surface area contributed by atoms with Gasteiger partial charge >= 0.3 is 0 Å². The first kappa shape index (κ1) is 20.5. The van der Waals surface area contributed by atoms with Crippen molar-refractivity contribution in [3.05, 3.63) is 76.7 Å². The maximum absolute atomic E-state index is 13.0. The van der Waals surface area contributed by atoms with Crippen molar-refractivity contribution in [3.63, 3.8) is 0 Å². The van der Waals surface area contributed by atoms with E-state index in [0.29, 0.717) is 31.0 Å². The predicted octanol–water partition coefficient (Wildman–Crippen LogP) is 4.54. The number of amides is 1. The second kappa shape index (κ2) is 9.28. The maximum atomic E-state index is 13.0. The maximum Gasteiger partial charge on any atom is 0.254 e. The molecule has 0 saturated carbocycles. The molecule has 152 valence electrons. The summed E-state index contributed by atoms with van der Waals surface area (Å²) in [5, 5.41) is 3.94. The van der Waals surface area contributed by atoms with Crippen LogP contribution in [0.25, 0.3) is 0 Å². The standard InChI is InChI=1S/C23H26N2O4/c1-5-25(14-18-9-11-20(27-4)12-10-18)23(26)19-7-6-8-21(13-19)28-15-22-16(2)24-29-17(22)3/h6-13H,5,14-15H2,1-4H3. The highest BCUT2D eigenvalue weighted by atomic mass is 16.5. The Labute approximate surface area is 171 Å². The molecule has 3 aromatic rings. The number of aryl methyl sites for hydroxylation is 2. The molecule has 0 bridgehead atoms. The minimum atomic E-state index is -0.0360. The fourth-order valence-corrected chi connectivity index (χ4v) is 3.04. The van der Waals surface area contributed by atoms with Gasteiger partial charge in [-0.3, -0.25) is 4.79 Å². The molecule has 0 spiro atoms. The van der Waals surface area contributed by atoms with Crippen LogP contribution in [-0.4, -0.2) is 29.6 Å². The number of aromatic nitrogens is 1. The van der Waals surface area contributed by atoms with Gasteiger partial charge in [0.15, 0.2) is 0 Å². The van der Waals surface area contributed by atoms with Crippen LogP contribution in [-0.2, 0) is 13.2 Å². The zero-order valence-corrected chi connectivity index (χ0v) is 17.3. The van der Waals surface area contributed by atoms with Crippen LogP contribution in [0.5, 0.6) is 11.5 Å². The van der Waals surface area contributed by atoms with Gasteiger partial charge in [0.1, 0.15) is 23.9 Å². The van der Waals surface area contributed by atoms with Crippen LogP contribution < -0.4 is 9.47 Å². The Morgan fingerprint density at radius 3 is 2.48 bits per heavy atom. The van der Waals surface area contributed by atoms with E-state index in [4.69, 9.17) is 14.0 Å². The van der Waals surface area contributed by atoms with E-state index in [1.807, 2.05) is 63.2 Å². The van der Waals surface area contributed by atoms with Gasteiger partial charge in [-0.2, -0.15) is 0 Å². The molecule has 0 aliphatic carbocycles. The number of methoxy groups -OCH3 is 1. The molecular weight excluding hydrogens is 368 g/mol. The molecule has 0 N–H and O–H groups in total. The van der Waals surface area contributed by atoms with Crippen molar-refractivity contribution in [1.82, 2.24) is 10.1 Å². The van der Waals surface area contributed by atoms with Crippen molar-refractivity contribution in [1.29, 1.82) is 0 Å². The molecule has 0 radical (unpaired) electrons. The highest BCUT2D eigenvalue weighted by molar-refractivity contribution is 5.94. The largest absolute Gasteiger partial charge is 0.497 e. The molecule has 0 aliphatic heterocycles. The first-order chi connectivity index (χ1) is 14.0. The molecule has 0 saturated heterocycles. The molecule has 1 heterocycles. The van der Waals surface area contributed by atoms with Crippen LogP contribution in [0, 0.1) is 13.8 Å². The quantitative estimate of drug-likeness (QED) is 0.561. The van der Waals surface area contributed by atoms with Gasteiger partial charge in [-0.15, -0.1) is 0 Å². The topological polar surface area (TPSA) is 64.8 Å². The average molecular weight is 394 g/mol. The zero-order chi connectivity index (χ0) is 20.8.